The van der Waals surface area contributed by atoms with E-state index in [1.54, 1.807) is 0 Å². The lowest BCUT2D eigenvalue weighted by Crippen LogP contribution is -2.48. The molecule has 0 aromatic heterocycles. The molecule has 0 unspecified atom stereocenters. The molecule has 0 radical (unpaired) electrons. The summed E-state index contributed by atoms with van der Waals surface area (Å²) >= 11 is 0. The van der Waals surface area contributed by atoms with Gasteiger partial charge in [0, 0.05) is 6.54 Å². The van der Waals surface area contributed by atoms with Crippen LogP contribution in [-0.4, -0.2) is 40.8 Å². The molecule has 2 aliphatic rings. The SMILES string of the molecule is O=C1N2C[C@@H](CC[C@H]2C(F)(F)F)N1OCc1ccccc1. The zero-order valence-corrected chi connectivity index (χ0v) is 11.2. The van der Waals surface area contributed by atoms with Gasteiger partial charge in [-0.2, -0.15) is 18.2 Å². The molecular weight excluding hydrogens is 285 g/mol. The number of hydrogen-bond acceptors (Lipinski definition) is 2. The Kier molecular flexibility index (Phi) is 3.52. The molecular formula is C14H15F3N2O2. The first-order valence-electron chi connectivity index (χ1n) is 6.80. The van der Waals surface area contributed by atoms with Gasteiger partial charge in [0.15, 0.2) is 0 Å². The number of urea groups is 1. The highest BCUT2D eigenvalue weighted by atomic mass is 19.4. The Bertz CT molecular complexity index is 521. The molecule has 114 valence electrons. The van der Waals surface area contributed by atoms with Crippen LogP contribution in [0.2, 0.25) is 0 Å². The number of nitrogens with zero attached hydrogens (tertiary/aromatic N) is 2. The minimum absolute atomic E-state index is 0.0644. The van der Waals surface area contributed by atoms with E-state index in [9.17, 15) is 18.0 Å². The molecule has 0 spiro atoms. The van der Waals surface area contributed by atoms with Crippen molar-refractivity contribution in [3.05, 3.63) is 35.9 Å². The summed E-state index contributed by atoms with van der Waals surface area (Å²) in [6.45, 7) is 0.255. The number of amides is 2. The fraction of sp³-hybridized carbons (Fsp3) is 0.500. The van der Waals surface area contributed by atoms with Crippen LogP contribution in [-0.2, 0) is 11.4 Å². The predicted molar refractivity (Wildman–Crippen MR) is 68.0 cm³/mol. The maximum absolute atomic E-state index is 12.9. The molecule has 0 saturated carbocycles. The van der Waals surface area contributed by atoms with E-state index in [1.807, 2.05) is 30.3 Å². The Morgan fingerprint density at radius 2 is 1.90 bits per heavy atom. The maximum Gasteiger partial charge on any atom is 0.408 e. The van der Waals surface area contributed by atoms with Crippen LogP contribution < -0.4 is 0 Å². The fourth-order valence-corrected chi connectivity index (χ4v) is 2.86. The summed E-state index contributed by atoms with van der Waals surface area (Å²) in [6, 6.07) is 6.55. The molecule has 7 heteroatoms. The molecule has 1 aromatic carbocycles. The van der Waals surface area contributed by atoms with Gasteiger partial charge in [-0.3, -0.25) is 4.84 Å². The van der Waals surface area contributed by atoms with Crippen LogP contribution in [0.1, 0.15) is 18.4 Å². The topological polar surface area (TPSA) is 32.8 Å². The van der Waals surface area contributed by atoms with Gasteiger partial charge in [0.2, 0.25) is 0 Å². The van der Waals surface area contributed by atoms with Gasteiger partial charge < -0.3 is 4.90 Å². The van der Waals surface area contributed by atoms with Crippen LogP contribution in [0, 0.1) is 0 Å². The Balaban J connectivity index is 1.67. The normalized spacial score (nSPS) is 25.6. The number of benzene rings is 1. The van der Waals surface area contributed by atoms with E-state index in [0.717, 1.165) is 15.5 Å². The Morgan fingerprint density at radius 1 is 1.19 bits per heavy atom. The van der Waals surface area contributed by atoms with Crippen molar-refractivity contribution >= 4 is 6.03 Å². The summed E-state index contributed by atoms with van der Waals surface area (Å²) in [5, 5.41) is 1.11. The van der Waals surface area contributed by atoms with Crippen LogP contribution >= 0.6 is 0 Å². The first kappa shape index (κ1) is 14.2. The van der Waals surface area contributed by atoms with Gasteiger partial charge in [0.25, 0.3) is 0 Å². The molecule has 2 saturated heterocycles. The van der Waals surface area contributed by atoms with Crippen LogP contribution in [0.25, 0.3) is 0 Å². The van der Waals surface area contributed by atoms with Crippen molar-refractivity contribution in [2.75, 3.05) is 6.54 Å². The number of alkyl halides is 3. The molecule has 1 aromatic rings. The summed E-state index contributed by atoms with van der Waals surface area (Å²) in [7, 11) is 0. The van der Waals surface area contributed by atoms with E-state index >= 15 is 0 Å². The second kappa shape index (κ2) is 5.22. The molecule has 2 amide bonds. The van der Waals surface area contributed by atoms with Gasteiger partial charge >= 0.3 is 12.2 Å². The summed E-state index contributed by atoms with van der Waals surface area (Å²) < 4.78 is 38.7. The van der Waals surface area contributed by atoms with Crippen LogP contribution in [0.15, 0.2) is 30.3 Å². The molecule has 3 rings (SSSR count). The molecule has 0 N–H and O–H groups in total. The minimum Gasteiger partial charge on any atom is -0.309 e. The van der Waals surface area contributed by atoms with Crippen molar-refractivity contribution in [1.29, 1.82) is 0 Å². The average molecular weight is 300 g/mol. The summed E-state index contributed by atoms with van der Waals surface area (Å²) in [4.78, 5) is 18.4. The van der Waals surface area contributed by atoms with E-state index in [2.05, 4.69) is 0 Å². The molecule has 2 aliphatic heterocycles. The number of carbonyl (C=O) groups excluding carboxylic acids is 1. The van der Waals surface area contributed by atoms with Crippen molar-refractivity contribution in [3.8, 4) is 0 Å². The first-order chi connectivity index (χ1) is 9.97. The molecule has 2 heterocycles. The zero-order valence-electron chi connectivity index (χ0n) is 11.2. The average Bonchev–Trinajstić information content (AvgIpc) is 2.68. The Hall–Kier alpha value is -1.76. The first-order valence-corrected chi connectivity index (χ1v) is 6.80. The lowest BCUT2D eigenvalue weighted by Gasteiger charge is -2.31. The quantitative estimate of drug-likeness (QED) is 0.860. The van der Waals surface area contributed by atoms with Gasteiger partial charge in [-0.15, -0.1) is 0 Å². The fourth-order valence-electron chi connectivity index (χ4n) is 2.86. The molecule has 21 heavy (non-hydrogen) atoms. The van der Waals surface area contributed by atoms with Gasteiger partial charge in [-0.25, -0.2) is 4.79 Å². The number of hydrogen-bond donors (Lipinski definition) is 0. The molecule has 2 atom stereocenters. The lowest BCUT2D eigenvalue weighted by molar-refractivity contribution is -0.180. The van der Waals surface area contributed by atoms with Crippen molar-refractivity contribution in [3.63, 3.8) is 0 Å². The van der Waals surface area contributed by atoms with Gasteiger partial charge in [0.1, 0.15) is 12.6 Å². The number of halogens is 3. The monoisotopic (exact) mass is 300 g/mol. The number of piperidine rings is 1. The highest BCUT2D eigenvalue weighted by Gasteiger charge is 2.54. The Morgan fingerprint density at radius 3 is 2.57 bits per heavy atom. The van der Waals surface area contributed by atoms with Crippen LogP contribution in [0.3, 0.4) is 0 Å². The number of carbonyl (C=O) groups is 1. The molecule has 2 bridgehead atoms. The maximum atomic E-state index is 12.9. The van der Waals surface area contributed by atoms with Gasteiger partial charge in [0.05, 0.1) is 6.04 Å². The highest BCUT2D eigenvalue weighted by Crippen LogP contribution is 2.37. The highest BCUT2D eigenvalue weighted by molar-refractivity contribution is 5.77. The van der Waals surface area contributed by atoms with E-state index in [-0.39, 0.29) is 25.6 Å². The van der Waals surface area contributed by atoms with Gasteiger partial charge in [-0.05, 0) is 18.4 Å². The summed E-state index contributed by atoms with van der Waals surface area (Å²) in [5.41, 5.74) is 0.870. The van der Waals surface area contributed by atoms with Crippen molar-refractivity contribution < 1.29 is 22.8 Å². The number of rotatable bonds is 3. The van der Waals surface area contributed by atoms with Crippen molar-refractivity contribution in [2.45, 2.75) is 37.7 Å². The van der Waals surface area contributed by atoms with E-state index < -0.39 is 18.2 Å². The third-order valence-corrected chi connectivity index (χ3v) is 3.91. The number of fused-ring (bicyclic) bond motifs is 2. The summed E-state index contributed by atoms with van der Waals surface area (Å²) in [5.74, 6) is 0. The number of hydroxylamine groups is 2. The minimum atomic E-state index is -4.38. The van der Waals surface area contributed by atoms with Crippen LogP contribution in [0.5, 0.6) is 0 Å². The van der Waals surface area contributed by atoms with Crippen molar-refractivity contribution in [1.82, 2.24) is 9.96 Å². The second-order valence-corrected chi connectivity index (χ2v) is 5.31. The molecule has 2 fully saturated rings. The molecule has 0 aliphatic carbocycles. The second-order valence-electron chi connectivity index (χ2n) is 5.31. The Labute approximate surface area is 120 Å². The third kappa shape index (κ3) is 2.70. The standard InChI is InChI=1S/C14H15F3N2O2/c15-14(16,17)12-7-6-11-8-18(12)13(20)19(11)21-9-10-4-2-1-3-5-10/h1-5,11-12H,6-9H2/t11-,12+/m1/s1. The van der Waals surface area contributed by atoms with Crippen molar-refractivity contribution in [2.24, 2.45) is 0 Å². The molecule has 4 nitrogen and oxygen atoms in total. The summed E-state index contributed by atoms with van der Waals surface area (Å²) in [6.07, 6.45) is -4.14. The third-order valence-electron chi connectivity index (χ3n) is 3.91. The largest absolute Gasteiger partial charge is 0.408 e. The van der Waals surface area contributed by atoms with Crippen LogP contribution in [0.4, 0.5) is 18.0 Å². The van der Waals surface area contributed by atoms with E-state index in [1.165, 1.54) is 0 Å². The zero-order chi connectivity index (χ0) is 15.0. The predicted octanol–water partition coefficient (Wildman–Crippen LogP) is 2.95. The van der Waals surface area contributed by atoms with E-state index in [0.29, 0.717) is 6.42 Å². The smallest absolute Gasteiger partial charge is 0.309 e. The van der Waals surface area contributed by atoms with E-state index in [4.69, 9.17) is 4.84 Å². The lowest BCUT2D eigenvalue weighted by atomic mass is 10.0. The van der Waals surface area contributed by atoms with Gasteiger partial charge in [-0.1, -0.05) is 30.3 Å².